The lowest BCUT2D eigenvalue weighted by Crippen LogP contribution is -2.32. The SMILES string of the molecule is CCNC(=O)Nc1ncnc2c1ncn2[C@@H]1O[C@H](COP(=O)([O-])OP(=O)([O-])CC(=O)O)C2OC(Cc3ccccc3)O[C@@H]21. The number of anilines is 1. The molecule has 0 saturated carbocycles. The Balaban J connectivity index is 1.38. The van der Waals surface area contributed by atoms with Crippen LogP contribution in [-0.2, 0) is 43.4 Å². The number of fused-ring (bicyclic) bond motifs is 2. The van der Waals surface area contributed by atoms with Crippen LogP contribution in [0.1, 0.15) is 18.7 Å². The molecule has 2 saturated heterocycles. The second kappa shape index (κ2) is 12.7. The fourth-order valence-corrected chi connectivity index (χ4v) is 6.94. The van der Waals surface area contributed by atoms with Gasteiger partial charge in [-0.05, 0) is 12.5 Å². The summed E-state index contributed by atoms with van der Waals surface area (Å²) in [5.74, 6) is -1.67. The minimum atomic E-state index is -5.53. The number of rotatable bonds is 12. The number of carboxylic acids is 1. The number of aliphatic carboxylic acids is 1. The molecule has 1 aromatic carbocycles. The first-order chi connectivity index (χ1) is 20.4. The van der Waals surface area contributed by atoms with Crippen LogP contribution in [0.25, 0.3) is 11.2 Å². The second-order valence-electron chi connectivity index (χ2n) is 9.40. The van der Waals surface area contributed by atoms with Gasteiger partial charge in [-0.3, -0.25) is 23.6 Å². The number of carbonyl (C=O) groups is 2. The van der Waals surface area contributed by atoms with E-state index >= 15 is 0 Å². The third-order valence-corrected chi connectivity index (χ3v) is 9.22. The van der Waals surface area contributed by atoms with Gasteiger partial charge < -0.3 is 43.5 Å². The number of hydrogen-bond acceptors (Lipinski definition) is 14. The number of ether oxygens (including phenoxy) is 3. The van der Waals surface area contributed by atoms with Crippen molar-refractivity contribution in [2.24, 2.45) is 0 Å². The van der Waals surface area contributed by atoms with Crippen LogP contribution >= 0.6 is 15.4 Å². The molecule has 2 amide bonds. The van der Waals surface area contributed by atoms with Crippen LogP contribution in [0.15, 0.2) is 43.0 Å². The van der Waals surface area contributed by atoms with Crippen molar-refractivity contribution in [1.29, 1.82) is 0 Å². The van der Waals surface area contributed by atoms with E-state index < -0.39 is 71.0 Å². The molecule has 0 spiro atoms. The quantitative estimate of drug-likeness (QED) is 0.226. The van der Waals surface area contributed by atoms with Gasteiger partial charge in [0.1, 0.15) is 30.8 Å². The summed E-state index contributed by atoms with van der Waals surface area (Å²) in [6.07, 6.45) is -3.23. The number of nitrogens with zero attached hydrogens (tertiary/aromatic N) is 4. The predicted octanol–water partition coefficient (Wildman–Crippen LogP) is 0.358. The number of benzene rings is 1. The zero-order chi connectivity index (χ0) is 30.8. The fraction of sp³-hybridized carbons (Fsp3) is 0.435. The van der Waals surface area contributed by atoms with Gasteiger partial charge in [-0.1, -0.05) is 30.3 Å². The predicted molar refractivity (Wildman–Crippen MR) is 140 cm³/mol. The van der Waals surface area contributed by atoms with Crippen LogP contribution in [0.2, 0.25) is 0 Å². The molecule has 2 aliphatic heterocycles. The molecule has 20 heteroatoms. The molecule has 43 heavy (non-hydrogen) atoms. The van der Waals surface area contributed by atoms with Crippen molar-refractivity contribution >= 4 is 44.4 Å². The smallest absolute Gasteiger partial charge is 0.320 e. The van der Waals surface area contributed by atoms with Gasteiger partial charge in [-0.15, -0.1) is 0 Å². The molecule has 0 aliphatic carbocycles. The first-order valence-corrected chi connectivity index (χ1v) is 16.0. The molecule has 232 valence electrons. The molecule has 7 atom stereocenters. The van der Waals surface area contributed by atoms with E-state index in [0.717, 1.165) is 5.56 Å². The van der Waals surface area contributed by atoms with E-state index in [9.17, 15) is 28.5 Å². The van der Waals surface area contributed by atoms with E-state index in [1.807, 2.05) is 30.3 Å². The maximum Gasteiger partial charge on any atom is 0.320 e. The maximum absolute atomic E-state index is 12.3. The Morgan fingerprint density at radius 2 is 1.84 bits per heavy atom. The summed E-state index contributed by atoms with van der Waals surface area (Å²) >= 11 is 0. The lowest BCUT2D eigenvalue weighted by Gasteiger charge is -2.31. The number of hydrogen-bond donors (Lipinski definition) is 3. The van der Waals surface area contributed by atoms with Crippen molar-refractivity contribution in [2.45, 2.75) is 44.2 Å². The molecular weight excluding hydrogens is 614 g/mol. The van der Waals surface area contributed by atoms with Gasteiger partial charge in [0.15, 0.2) is 37.1 Å². The highest BCUT2D eigenvalue weighted by Gasteiger charge is 2.54. The largest absolute Gasteiger partial charge is 0.778 e. The summed E-state index contributed by atoms with van der Waals surface area (Å²) in [7, 11) is -10.8. The topological polar surface area (TPSA) is 248 Å². The Labute approximate surface area is 243 Å². The van der Waals surface area contributed by atoms with Gasteiger partial charge in [0, 0.05) is 13.0 Å². The highest BCUT2D eigenvalue weighted by atomic mass is 31.3. The van der Waals surface area contributed by atoms with E-state index in [1.165, 1.54) is 17.2 Å². The first kappa shape index (κ1) is 31.1. The molecule has 2 aliphatic rings. The van der Waals surface area contributed by atoms with Crippen molar-refractivity contribution in [3.05, 3.63) is 48.5 Å². The summed E-state index contributed by atoms with van der Waals surface area (Å²) in [4.78, 5) is 59.5. The van der Waals surface area contributed by atoms with E-state index in [-0.39, 0.29) is 17.0 Å². The monoisotopic (exact) mass is 640 g/mol. The number of carboxylic acid groups (broad SMARTS) is 1. The molecule has 18 nitrogen and oxygen atoms in total. The molecule has 3 N–H and O–H groups in total. The van der Waals surface area contributed by atoms with Gasteiger partial charge in [0.2, 0.25) is 0 Å². The standard InChI is InChI=1S/C23H28N6O12P2/c1-2-24-23(32)28-20-17-21(26-11-25-20)29(12-27-17)22-19-18(39-16(40-19)8-13-6-4-3-5-7-13)14(38-22)9-37-43(35,36)41-42(33,34)10-15(30)31/h3-7,11-12,14,16,18-19,22H,2,8-10H2,1H3,(H,30,31)(H,33,34)(H,35,36)(H2,24,25,26,28,32)/p-2/t14-,16?,18?,19+,22-/m1/s1. The molecule has 3 aromatic rings. The Kier molecular flexibility index (Phi) is 9.22. The van der Waals surface area contributed by atoms with Crippen LogP contribution in [0, 0.1) is 0 Å². The number of aromatic nitrogens is 4. The Morgan fingerprint density at radius 3 is 2.56 bits per heavy atom. The van der Waals surface area contributed by atoms with Crippen LogP contribution < -0.4 is 20.4 Å². The van der Waals surface area contributed by atoms with Crippen LogP contribution in [0.5, 0.6) is 0 Å². The molecule has 0 radical (unpaired) electrons. The van der Waals surface area contributed by atoms with Crippen LogP contribution in [0.3, 0.4) is 0 Å². The molecule has 5 rings (SSSR count). The molecule has 4 heterocycles. The highest BCUT2D eigenvalue weighted by Crippen LogP contribution is 2.55. The summed E-state index contributed by atoms with van der Waals surface area (Å²) in [5.41, 5.74) is 1.39. The molecular formula is C23H26N6O12P2-2. The van der Waals surface area contributed by atoms with Crippen LogP contribution in [0.4, 0.5) is 10.6 Å². The Hall–Kier alpha value is -3.31. The summed E-state index contributed by atoms with van der Waals surface area (Å²) < 4.78 is 52.6. The van der Waals surface area contributed by atoms with Crippen molar-refractivity contribution in [3.8, 4) is 0 Å². The summed E-state index contributed by atoms with van der Waals surface area (Å²) in [6, 6.07) is 8.81. The van der Waals surface area contributed by atoms with Gasteiger partial charge in [-0.25, -0.2) is 19.7 Å². The normalized spacial score (nSPS) is 26.0. The number of phosphoric ester groups is 1. The zero-order valence-electron chi connectivity index (χ0n) is 22.4. The van der Waals surface area contributed by atoms with Gasteiger partial charge in [-0.2, -0.15) is 0 Å². The lowest BCUT2D eigenvalue weighted by atomic mass is 10.1. The molecule has 4 unspecified atom stereocenters. The van der Waals surface area contributed by atoms with Crippen molar-refractivity contribution in [1.82, 2.24) is 24.8 Å². The second-order valence-corrected chi connectivity index (χ2v) is 12.7. The lowest BCUT2D eigenvalue weighted by molar-refractivity contribution is -0.234. The number of amides is 2. The van der Waals surface area contributed by atoms with E-state index in [0.29, 0.717) is 13.0 Å². The third kappa shape index (κ3) is 7.44. The van der Waals surface area contributed by atoms with Crippen LogP contribution in [-0.4, -0.2) is 80.5 Å². The average Bonchev–Trinajstić information content (AvgIpc) is 3.61. The Bertz CT molecular complexity index is 1570. The van der Waals surface area contributed by atoms with E-state index in [4.69, 9.17) is 23.8 Å². The molecule has 0 bridgehead atoms. The number of phosphoric acid groups is 1. The summed E-state index contributed by atoms with van der Waals surface area (Å²) in [6.45, 7) is 1.38. The van der Waals surface area contributed by atoms with Gasteiger partial charge in [0.25, 0.3) is 7.82 Å². The highest BCUT2D eigenvalue weighted by molar-refractivity contribution is 7.63. The van der Waals surface area contributed by atoms with Gasteiger partial charge >= 0.3 is 12.0 Å². The van der Waals surface area contributed by atoms with E-state index in [2.05, 4.69) is 29.9 Å². The van der Waals surface area contributed by atoms with Crippen molar-refractivity contribution in [2.75, 3.05) is 24.6 Å². The average molecular weight is 640 g/mol. The number of carbonyl (C=O) groups excluding carboxylic acids is 1. The Morgan fingerprint density at radius 1 is 1.09 bits per heavy atom. The van der Waals surface area contributed by atoms with Gasteiger partial charge in [0.05, 0.1) is 12.9 Å². The molecule has 2 fully saturated rings. The number of imidazole rings is 1. The van der Waals surface area contributed by atoms with E-state index in [1.54, 1.807) is 6.92 Å². The first-order valence-electron chi connectivity index (χ1n) is 12.9. The number of urea groups is 1. The minimum Gasteiger partial charge on any atom is -0.778 e. The maximum atomic E-state index is 12.3. The summed E-state index contributed by atoms with van der Waals surface area (Å²) in [5, 5.41) is 13.9. The van der Waals surface area contributed by atoms with Crippen molar-refractivity contribution in [3.63, 3.8) is 0 Å². The third-order valence-electron chi connectivity index (χ3n) is 6.30. The fourth-order valence-electron chi connectivity index (χ4n) is 4.64. The molecule has 2 aromatic heterocycles. The van der Waals surface area contributed by atoms with Crippen molar-refractivity contribution < 1.29 is 56.7 Å². The number of nitrogens with one attached hydrogen (secondary N) is 2. The minimum absolute atomic E-state index is 0.127. The zero-order valence-corrected chi connectivity index (χ0v) is 24.2.